The summed E-state index contributed by atoms with van der Waals surface area (Å²) >= 11 is 0. The summed E-state index contributed by atoms with van der Waals surface area (Å²) in [6.45, 7) is 0. The molecule has 2 amide bonds. The van der Waals surface area contributed by atoms with Gasteiger partial charge in [-0.25, -0.2) is 18.4 Å². The number of pyridine rings is 1. The summed E-state index contributed by atoms with van der Waals surface area (Å²) in [6, 6.07) is 13.2. The van der Waals surface area contributed by atoms with Crippen LogP contribution in [0.5, 0.6) is 0 Å². The van der Waals surface area contributed by atoms with Gasteiger partial charge in [0.1, 0.15) is 0 Å². The van der Waals surface area contributed by atoms with Crippen LogP contribution in [-0.4, -0.2) is 40.4 Å². The molecule has 1 fully saturated rings. The van der Waals surface area contributed by atoms with Crippen molar-refractivity contribution in [3.63, 3.8) is 0 Å². The van der Waals surface area contributed by atoms with Crippen molar-refractivity contribution in [2.45, 2.75) is 18.1 Å². The first kappa shape index (κ1) is 22.4. The zero-order chi connectivity index (χ0) is 24.6. The number of primary amides is 1. The molecule has 4 aromatic rings. The van der Waals surface area contributed by atoms with Crippen LogP contribution in [0.4, 0.5) is 11.4 Å². The Bertz CT molecular complexity index is 1570. The molecule has 1 saturated carbocycles. The molecule has 0 radical (unpaired) electrons. The smallest absolute Gasteiger partial charge is 0.293 e. The van der Waals surface area contributed by atoms with Gasteiger partial charge in [0.15, 0.2) is 0 Å². The Morgan fingerprint density at radius 3 is 2.49 bits per heavy atom. The number of carbonyl (C=O) groups is 2. The third-order valence-corrected chi connectivity index (χ3v) is 7.43. The van der Waals surface area contributed by atoms with Crippen LogP contribution in [0.2, 0.25) is 0 Å². The molecule has 0 atom stereocenters. The van der Waals surface area contributed by atoms with Crippen LogP contribution >= 0.6 is 0 Å². The highest BCUT2D eigenvalue weighted by molar-refractivity contribution is 7.93. The molecule has 2 aromatic carbocycles. The quantitative estimate of drug-likeness (QED) is 0.361. The minimum absolute atomic E-state index is 0.0773. The topological polar surface area (TPSA) is 157 Å². The summed E-state index contributed by atoms with van der Waals surface area (Å²) in [5.74, 6) is -1.16. The number of nitrogens with zero attached hydrogens (tertiary/aromatic N) is 3. The maximum absolute atomic E-state index is 13.0. The number of nitrogens with one attached hydrogen (secondary N) is 2. The summed E-state index contributed by atoms with van der Waals surface area (Å²) in [7, 11) is -3.42. The first-order valence-electron chi connectivity index (χ1n) is 10.7. The van der Waals surface area contributed by atoms with E-state index in [1.54, 1.807) is 54.7 Å². The van der Waals surface area contributed by atoms with Gasteiger partial charge in [-0.3, -0.25) is 19.3 Å². The molecule has 1 aliphatic rings. The van der Waals surface area contributed by atoms with Crippen LogP contribution in [0, 0.1) is 0 Å². The third-order valence-electron chi connectivity index (χ3n) is 5.56. The number of fused-ring (bicyclic) bond motifs is 1. The number of amides is 2. The molecule has 2 aromatic heterocycles. The van der Waals surface area contributed by atoms with Gasteiger partial charge in [0.25, 0.3) is 5.91 Å². The molecule has 0 spiro atoms. The van der Waals surface area contributed by atoms with Crippen molar-refractivity contribution >= 4 is 44.1 Å². The van der Waals surface area contributed by atoms with Crippen molar-refractivity contribution < 1.29 is 18.0 Å². The van der Waals surface area contributed by atoms with E-state index in [4.69, 9.17) is 5.73 Å². The fourth-order valence-corrected chi connectivity index (χ4v) is 4.93. The summed E-state index contributed by atoms with van der Waals surface area (Å²) < 4.78 is 27.1. The molecule has 11 heteroatoms. The number of benzene rings is 2. The Kier molecular flexibility index (Phi) is 5.61. The molecule has 4 N–H and O–H groups in total. The number of rotatable bonds is 7. The lowest BCUT2D eigenvalue weighted by molar-refractivity contribution is 0.0996. The molecule has 0 saturated heterocycles. The Morgan fingerprint density at radius 1 is 1.00 bits per heavy atom. The summed E-state index contributed by atoms with van der Waals surface area (Å²) in [6.07, 6.45) is 5.95. The lowest BCUT2D eigenvalue weighted by atomic mass is 10.0. The molecule has 0 unspecified atom stereocenters. The van der Waals surface area contributed by atoms with Crippen molar-refractivity contribution in [2.75, 3.05) is 10.0 Å². The molecular weight excluding hydrogens is 468 g/mol. The number of hydrogen-bond donors (Lipinski definition) is 3. The Labute approximate surface area is 200 Å². The Morgan fingerprint density at radius 2 is 1.77 bits per heavy atom. The normalized spacial score (nSPS) is 13.4. The average molecular weight is 489 g/mol. The van der Waals surface area contributed by atoms with Gasteiger partial charge in [0, 0.05) is 35.1 Å². The molecule has 10 nitrogen and oxygen atoms in total. The van der Waals surface area contributed by atoms with Crippen molar-refractivity contribution in [3.8, 4) is 11.1 Å². The minimum Gasteiger partial charge on any atom is -0.366 e. The summed E-state index contributed by atoms with van der Waals surface area (Å²) in [5.41, 5.74) is 8.32. The molecular formula is C24H20N6O4S. The summed E-state index contributed by atoms with van der Waals surface area (Å²) in [5, 5.41) is 3.10. The predicted octanol–water partition coefficient (Wildman–Crippen LogP) is 2.95. The lowest BCUT2D eigenvalue weighted by Crippen LogP contribution is -2.17. The van der Waals surface area contributed by atoms with E-state index in [0.717, 1.165) is 5.56 Å². The maximum atomic E-state index is 13.0. The number of sulfonamides is 1. The van der Waals surface area contributed by atoms with Gasteiger partial charge in [-0.2, -0.15) is 0 Å². The monoisotopic (exact) mass is 488 g/mol. The Hall–Kier alpha value is -4.38. The number of hydrogen-bond acceptors (Lipinski definition) is 7. The van der Waals surface area contributed by atoms with Crippen LogP contribution in [0.25, 0.3) is 22.0 Å². The van der Waals surface area contributed by atoms with Gasteiger partial charge >= 0.3 is 0 Å². The SMILES string of the molecule is NC(=O)c1ccc(-c2cnccc2NC(=O)c2ncc3ccc(NS(=O)(=O)C4CC4)cc3n2)cc1. The van der Waals surface area contributed by atoms with Crippen molar-refractivity contribution in [3.05, 3.63) is 78.5 Å². The summed E-state index contributed by atoms with van der Waals surface area (Å²) in [4.78, 5) is 36.9. The highest BCUT2D eigenvalue weighted by atomic mass is 32.2. The average Bonchev–Trinajstić information content (AvgIpc) is 3.70. The van der Waals surface area contributed by atoms with E-state index in [9.17, 15) is 18.0 Å². The largest absolute Gasteiger partial charge is 0.366 e. The van der Waals surface area contributed by atoms with Crippen LogP contribution in [0.3, 0.4) is 0 Å². The van der Waals surface area contributed by atoms with Crippen molar-refractivity contribution in [2.24, 2.45) is 5.73 Å². The van der Waals surface area contributed by atoms with Crippen molar-refractivity contribution in [1.29, 1.82) is 0 Å². The molecule has 5 rings (SSSR count). The second-order valence-corrected chi connectivity index (χ2v) is 10.1. The lowest BCUT2D eigenvalue weighted by Gasteiger charge is -2.11. The highest BCUT2D eigenvalue weighted by Crippen LogP contribution is 2.30. The van der Waals surface area contributed by atoms with Gasteiger partial charge in [-0.15, -0.1) is 0 Å². The molecule has 1 aliphatic carbocycles. The minimum atomic E-state index is -3.42. The van der Waals surface area contributed by atoms with Gasteiger partial charge in [0.05, 0.1) is 22.1 Å². The van der Waals surface area contributed by atoms with Crippen LogP contribution in [0.15, 0.2) is 67.1 Å². The number of anilines is 2. The van der Waals surface area contributed by atoms with E-state index in [1.807, 2.05) is 0 Å². The van der Waals surface area contributed by atoms with E-state index in [0.29, 0.717) is 46.2 Å². The number of carbonyl (C=O) groups excluding carboxylic acids is 2. The first-order valence-corrected chi connectivity index (χ1v) is 12.3. The van der Waals surface area contributed by atoms with E-state index in [1.165, 1.54) is 12.4 Å². The molecule has 2 heterocycles. The zero-order valence-corrected chi connectivity index (χ0v) is 19.1. The fourth-order valence-electron chi connectivity index (χ4n) is 3.55. The van der Waals surface area contributed by atoms with Gasteiger partial charge in [-0.1, -0.05) is 12.1 Å². The number of aromatic nitrogens is 3. The molecule has 0 bridgehead atoms. The molecule has 0 aliphatic heterocycles. The standard InChI is InChI=1S/C24H20N6O4S/c25-22(31)15-3-1-14(2-4-15)19-13-26-10-9-20(19)29-24(32)23-27-12-16-5-6-17(11-21(16)28-23)30-35(33,34)18-7-8-18/h1-6,9-13,18,30H,7-8H2,(H2,25,31)(H,26,29,32). The second-order valence-electron chi connectivity index (χ2n) is 8.13. The molecule has 35 heavy (non-hydrogen) atoms. The maximum Gasteiger partial charge on any atom is 0.293 e. The van der Waals surface area contributed by atoms with E-state index < -0.39 is 21.8 Å². The van der Waals surface area contributed by atoms with Crippen LogP contribution in [-0.2, 0) is 10.0 Å². The number of nitrogens with two attached hydrogens (primary N) is 1. The van der Waals surface area contributed by atoms with Crippen molar-refractivity contribution in [1.82, 2.24) is 15.0 Å². The highest BCUT2D eigenvalue weighted by Gasteiger charge is 2.35. The molecule has 176 valence electrons. The fraction of sp³-hybridized carbons (Fsp3) is 0.125. The third kappa shape index (κ3) is 4.80. The second kappa shape index (κ2) is 8.76. The van der Waals surface area contributed by atoms with Gasteiger partial charge in [0.2, 0.25) is 21.8 Å². The van der Waals surface area contributed by atoms with E-state index >= 15 is 0 Å². The first-order chi connectivity index (χ1) is 16.8. The van der Waals surface area contributed by atoms with Crippen LogP contribution in [0.1, 0.15) is 33.8 Å². The van der Waals surface area contributed by atoms with Gasteiger partial charge in [-0.05, 0) is 54.8 Å². The zero-order valence-electron chi connectivity index (χ0n) is 18.3. The van der Waals surface area contributed by atoms with Crippen LogP contribution < -0.4 is 15.8 Å². The van der Waals surface area contributed by atoms with Gasteiger partial charge < -0.3 is 11.1 Å². The van der Waals surface area contributed by atoms with E-state index in [2.05, 4.69) is 25.0 Å². The predicted molar refractivity (Wildman–Crippen MR) is 131 cm³/mol. The Balaban J connectivity index is 1.40. The van der Waals surface area contributed by atoms with E-state index in [-0.39, 0.29) is 11.1 Å².